The van der Waals surface area contributed by atoms with E-state index < -0.39 is 28.4 Å². The molecule has 0 aromatic heterocycles. The molecule has 4 aromatic rings. The van der Waals surface area contributed by atoms with Crippen molar-refractivity contribution in [3.63, 3.8) is 0 Å². The second-order valence-electron chi connectivity index (χ2n) is 7.85. The van der Waals surface area contributed by atoms with Crippen LogP contribution in [0.15, 0.2) is 84.9 Å². The van der Waals surface area contributed by atoms with E-state index in [0.29, 0.717) is 5.69 Å². The van der Waals surface area contributed by atoms with Crippen molar-refractivity contribution in [2.75, 3.05) is 5.32 Å². The first-order valence-corrected chi connectivity index (χ1v) is 10.7. The fourth-order valence-electron chi connectivity index (χ4n) is 3.49. The van der Waals surface area contributed by atoms with Crippen molar-refractivity contribution in [1.82, 2.24) is 0 Å². The summed E-state index contributed by atoms with van der Waals surface area (Å²) >= 11 is 0. The van der Waals surface area contributed by atoms with E-state index in [1.54, 1.807) is 18.2 Å². The minimum atomic E-state index is -0.852. The van der Waals surface area contributed by atoms with Crippen LogP contribution >= 0.6 is 0 Å². The van der Waals surface area contributed by atoms with E-state index in [4.69, 9.17) is 4.74 Å². The van der Waals surface area contributed by atoms with Gasteiger partial charge in [0.1, 0.15) is 17.4 Å². The zero-order valence-electron chi connectivity index (χ0n) is 18.8. The van der Waals surface area contributed by atoms with Gasteiger partial charge in [0.25, 0.3) is 11.6 Å². The van der Waals surface area contributed by atoms with Gasteiger partial charge in [-0.25, -0.2) is 13.6 Å². The number of nitrogens with zero attached hydrogens (tertiary/aromatic N) is 1. The summed E-state index contributed by atoms with van der Waals surface area (Å²) in [7, 11) is 0. The molecule has 0 radical (unpaired) electrons. The van der Waals surface area contributed by atoms with E-state index in [0.717, 1.165) is 29.8 Å². The number of carbonyl (C=O) groups excluding carboxylic acids is 2. The molecule has 0 aliphatic heterocycles. The number of rotatable bonds is 6. The number of halogens is 2. The third-order valence-corrected chi connectivity index (χ3v) is 5.26. The number of esters is 1. The number of non-ortho nitro benzene ring substituents is 1. The molecule has 0 spiro atoms. The summed E-state index contributed by atoms with van der Waals surface area (Å²) in [6, 6.07) is 18.9. The van der Waals surface area contributed by atoms with Crippen LogP contribution in [0, 0.1) is 28.7 Å². The van der Waals surface area contributed by atoms with Crippen LogP contribution in [0.2, 0.25) is 0 Å². The number of hydrogen-bond donors (Lipinski definition) is 1. The van der Waals surface area contributed by atoms with Gasteiger partial charge in [-0.3, -0.25) is 14.9 Å². The zero-order chi connectivity index (χ0) is 25.8. The Kier molecular flexibility index (Phi) is 6.82. The Hall–Kier alpha value is -4.92. The highest BCUT2D eigenvalue weighted by Gasteiger charge is 2.20. The van der Waals surface area contributed by atoms with Crippen molar-refractivity contribution in [2.45, 2.75) is 6.92 Å². The minimum absolute atomic E-state index is 0.0271. The molecule has 4 rings (SSSR count). The van der Waals surface area contributed by atoms with Gasteiger partial charge in [0.2, 0.25) is 0 Å². The SMILES string of the molecule is Cc1cccc(NC(=O)c2cc(-c3ccc(F)cc3F)ccc2OC(=O)c2ccc([N+](=O)[O-])cc2)c1. The van der Waals surface area contributed by atoms with Crippen LogP contribution in [0.25, 0.3) is 11.1 Å². The van der Waals surface area contributed by atoms with Gasteiger partial charge >= 0.3 is 5.97 Å². The maximum absolute atomic E-state index is 14.4. The fourth-order valence-corrected chi connectivity index (χ4v) is 3.49. The maximum Gasteiger partial charge on any atom is 0.343 e. The Morgan fingerprint density at radius 2 is 1.67 bits per heavy atom. The summed E-state index contributed by atoms with van der Waals surface area (Å²) in [5.74, 6) is -3.17. The van der Waals surface area contributed by atoms with E-state index >= 15 is 0 Å². The van der Waals surface area contributed by atoms with Crippen molar-refractivity contribution in [1.29, 1.82) is 0 Å². The van der Waals surface area contributed by atoms with Gasteiger partial charge in [-0.05, 0) is 66.6 Å². The van der Waals surface area contributed by atoms with Crippen LogP contribution in [-0.4, -0.2) is 16.8 Å². The number of ether oxygens (including phenoxy) is 1. The summed E-state index contributed by atoms with van der Waals surface area (Å²) in [4.78, 5) is 36.1. The Balaban J connectivity index is 1.70. The predicted octanol–water partition coefficient (Wildman–Crippen LogP) is 6.32. The monoisotopic (exact) mass is 488 g/mol. The molecule has 180 valence electrons. The Bertz CT molecular complexity index is 1490. The lowest BCUT2D eigenvalue weighted by Gasteiger charge is -2.13. The molecule has 0 heterocycles. The van der Waals surface area contributed by atoms with Crippen LogP contribution in [0.5, 0.6) is 5.75 Å². The standard InChI is InChI=1S/C27H18F2N2O5/c1-16-3-2-4-20(13-16)30-26(32)23-14-18(22-11-8-19(28)15-24(22)29)7-12-25(23)36-27(33)17-5-9-21(10-6-17)31(34)35/h2-15H,1H3,(H,30,32). The highest BCUT2D eigenvalue weighted by atomic mass is 19.1. The molecule has 9 heteroatoms. The van der Waals surface area contributed by atoms with E-state index in [1.807, 2.05) is 13.0 Å². The number of aryl methyl sites for hydroxylation is 1. The molecule has 1 amide bonds. The minimum Gasteiger partial charge on any atom is -0.422 e. The first-order chi connectivity index (χ1) is 17.2. The fraction of sp³-hybridized carbons (Fsp3) is 0.0370. The number of carbonyl (C=O) groups is 2. The largest absolute Gasteiger partial charge is 0.422 e. The average molecular weight is 488 g/mol. The lowest BCUT2D eigenvalue weighted by Crippen LogP contribution is -2.16. The maximum atomic E-state index is 14.4. The number of nitrogens with one attached hydrogen (secondary N) is 1. The topological polar surface area (TPSA) is 98.5 Å². The van der Waals surface area contributed by atoms with E-state index in [2.05, 4.69) is 5.32 Å². The molecular weight excluding hydrogens is 470 g/mol. The highest BCUT2D eigenvalue weighted by molar-refractivity contribution is 6.07. The number of anilines is 1. The molecule has 4 aromatic carbocycles. The van der Waals surface area contributed by atoms with Gasteiger partial charge in [0, 0.05) is 29.4 Å². The lowest BCUT2D eigenvalue weighted by molar-refractivity contribution is -0.384. The number of benzene rings is 4. The Morgan fingerprint density at radius 3 is 2.33 bits per heavy atom. The summed E-state index contributed by atoms with van der Waals surface area (Å²) in [6.07, 6.45) is 0. The number of nitro benzene ring substituents is 1. The Morgan fingerprint density at radius 1 is 0.917 bits per heavy atom. The summed E-state index contributed by atoms with van der Waals surface area (Å²) in [5.41, 5.74) is 1.46. The first kappa shape index (κ1) is 24.2. The normalized spacial score (nSPS) is 10.5. The molecule has 1 N–H and O–H groups in total. The third kappa shape index (κ3) is 5.41. The quantitative estimate of drug-likeness (QED) is 0.148. The summed E-state index contributed by atoms with van der Waals surface area (Å²) < 4.78 is 33.2. The van der Waals surface area contributed by atoms with E-state index in [-0.39, 0.29) is 33.7 Å². The van der Waals surface area contributed by atoms with Crippen molar-refractivity contribution < 1.29 is 28.0 Å². The van der Waals surface area contributed by atoms with Gasteiger partial charge < -0.3 is 10.1 Å². The zero-order valence-corrected chi connectivity index (χ0v) is 18.8. The summed E-state index contributed by atoms with van der Waals surface area (Å²) in [6.45, 7) is 1.85. The molecule has 36 heavy (non-hydrogen) atoms. The molecule has 0 unspecified atom stereocenters. The van der Waals surface area contributed by atoms with Crippen molar-refractivity contribution in [3.05, 3.63) is 123 Å². The number of amides is 1. The molecular formula is C27H18F2N2O5. The second kappa shape index (κ2) is 10.1. The van der Waals surface area contributed by atoms with Crippen LogP contribution in [0.1, 0.15) is 26.3 Å². The molecule has 0 saturated heterocycles. The van der Waals surface area contributed by atoms with Crippen LogP contribution in [0.3, 0.4) is 0 Å². The summed E-state index contributed by atoms with van der Waals surface area (Å²) in [5, 5.41) is 13.6. The molecule has 0 fully saturated rings. The molecule has 0 atom stereocenters. The van der Waals surface area contributed by atoms with Crippen molar-refractivity contribution >= 4 is 23.3 Å². The predicted molar refractivity (Wildman–Crippen MR) is 129 cm³/mol. The highest BCUT2D eigenvalue weighted by Crippen LogP contribution is 2.30. The lowest BCUT2D eigenvalue weighted by atomic mass is 10.0. The number of hydrogen-bond acceptors (Lipinski definition) is 5. The molecule has 7 nitrogen and oxygen atoms in total. The molecule has 0 saturated carbocycles. The number of nitro groups is 1. The van der Waals surface area contributed by atoms with E-state index in [1.165, 1.54) is 36.4 Å². The van der Waals surface area contributed by atoms with Crippen molar-refractivity contribution in [2.24, 2.45) is 0 Å². The van der Waals surface area contributed by atoms with Crippen LogP contribution < -0.4 is 10.1 Å². The van der Waals surface area contributed by atoms with Gasteiger partial charge in [-0.15, -0.1) is 0 Å². The first-order valence-electron chi connectivity index (χ1n) is 10.7. The van der Waals surface area contributed by atoms with Gasteiger partial charge in [-0.2, -0.15) is 0 Å². The molecule has 0 aliphatic rings. The third-order valence-electron chi connectivity index (χ3n) is 5.26. The van der Waals surface area contributed by atoms with Gasteiger partial charge in [0.15, 0.2) is 0 Å². The Labute approximate surface area is 204 Å². The van der Waals surface area contributed by atoms with Crippen molar-refractivity contribution in [3.8, 4) is 16.9 Å². The smallest absolute Gasteiger partial charge is 0.343 e. The average Bonchev–Trinajstić information content (AvgIpc) is 2.84. The molecule has 0 bridgehead atoms. The van der Waals surface area contributed by atoms with Crippen LogP contribution in [-0.2, 0) is 0 Å². The van der Waals surface area contributed by atoms with Crippen LogP contribution in [0.4, 0.5) is 20.2 Å². The molecule has 0 aliphatic carbocycles. The van der Waals surface area contributed by atoms with E-state index in [9.17, 15) is 28.5 Å². The van der Waals surface area contributed by atoms with Gasteiger partial charge in [-0.1, -0.05) is 18.2 Å². The van der Waals surface area contributed by atoms with Gasteiger partial charge in [0.05, 0.1) is 16.1 Å². The second-order valence-corrected chi connectivity index (χ2v) is 7.85.